The van der Waals surface area contributed by atoms with Gasteiger partial charge in [0.25, 0.3) is 0 Å². The van der Waals surface area contributed by atoms with Crippen LogP contribution in [0.2, 0.25) is 0 Å². The van der Waals surface area contributed by atoms with Crippen LogP contribution in [0.4, 0.5) is 0 Å². The molecule has 0 aliphatic heterocycles. The van der Waals surface area contributed by atoms with Gasteiger partial charge < -0.3 is 18.9 Å². The lowest BCUT2D eigenvalue weighted by molar-refractivity contribution is -0.131. The molecule has 3 rings (SSSR count). The second-order valence-electron chi connectivity index (χ2n) is 7.19. The van der Waals surface area contributed by atoms with Crippen molar-refractivity contribution in [2.24, 2.45) is 0 Å². The largest absolute Gasteiger partial charge is 0.494 e. The minimum Gasteiger partial charge on any atom is -0.494 e. The lowest BCUT2D eigenvalue weighted by atomic mass is 10.1. The van der Waals surface area contributed by atoms with Crippen molar-refractivity contribution in [3.63, 3.8) is 0 Å². The molecular weight excluding hydrogens is 406 g/mol. The number of carbonyl (C=O) groups is 1. The third-order valence-corrected chi connectivity index (χ3v) is 4.71. The molecule has 168 valence electrons. The Balaban J connectivity index is 1.83. The summed E-state index contributed by atoms with van der Waals surface area (Å²) in [6.45, 7) is 8.72. The van der Waals surface area contributed by atoms with E-state index >= 15 is 0 Å². The highest BCUT2D eigenvalue weighted by atomic mass is 16.5. The van der Waals surface area contributed by atoms with E-state index in [1.807, 2.05) is 69.3 Å². The number of hydrogen-bond donors (Lipinski definition) is 0. The number of nitrogens with zero attached hydrogens (tertiary/aromatic N) is 1. The lowest BCUT2D eigenvalue weighted by Crippen LogP contribution is -2.16. The zero-order valence-corrected chi connectivity index (χ0v) is 19.0. The van der Waals surface area contributed by atoms with E-state index in [4.69, 9.17) is 23.9 Å². The monoisotopic (exact) mass is 435 g/mol. The maximum atomic E-state index is 11.2. The van der Waals surface area contributed by atoms with Gasteiger partial charge in [-0.1, -0.05) is 6.07 Å². The van der Waals surface area contributed by atoms with Crippen molar-refractivity contribution >= 4 is 5.97 Å². The van der Waals surface area contributed by atoms with E-state index in [0.29, 0.717) is 31.3 Å². The zero-order valence-electron chi connectivity index (χ0n) is 19.0. The number of pyridine rings is 1. The summed E-state index contributed by atoms with van der Waals surface area (Å²) in [5, 5.41) is 0. The molecule has 0 saturated carbocycles. The van der Waals surface area contributed by atoms with Gasteiger partial charge in [0.1, 0.15) is 17.2 Å². The van der Waals surface area contributed by atoms with Gasteiger partial charge in [-0.05, 0) is 80.9 Å². The average Bonchev–Trinajstić information content (AvgIpc) is 2.79. The van der Waals surface area contributed by atoms with Crippen LogP contribution in [-0.4, -0.2) is 30.8 Å². The van der Waals surface area contributed by atoms with Crippen LogP contribution in [0.25, 0.3) is 11.3 Å². The Morgan fingerprint density at radius 3 is 2.38 bits per heavy atom. The first-order valence-corrected chi connectivity index (χ1v) is 10.7. The molecule has 0 unspecified atom stereocenters. The summed E-state index contributed by atoms with van der Waals surface area (Å²) < 4.78 is 22.6. The van der Waals surface area contributed by atoms with Crippen LogP contribution in [0.3, 0.4) is 0 Å². The summed E-state index contributed by atoms with van der Waals surface area (Å²) in [4.78, 5) is 16.1. The second kappa shape index (κ2) is 11.3. The van der Waals surface area contributed by atoms with Gasteiger partial charge in [0, 0.05) is 19.1 Å². The minimum absolute atomic E-state index is 0.355. The summed E-state index contributed by atoms with van der Waals surface area (Å²) in [5.74, 6) is 1.64. The summed E-state index contributed by atoms with van der Waals surface area (Å²) in [6.07, 6.45) is -0.392. The van der Waals surface area contributed by atoms with Crippen LogP contribution >= 0.6 is 0 Å². The molecule has 0 amide bonds. The fourth-order valence-corrected chi connectivity index (χ4v) is 3.21. The summed E-state index contributed by atoms with van der Waals surface area (Å²) >= 11 is 0. The Hall–Kier alpha value is -3.38. The summed E-state index contributed by atoms with van der Waals surface area (Å²) in [7, 11) is 0. The van der Waals surface area contributed by atoms with Gasteiger partial charge >= 0.3 is 5.97 Å². The lowest BCUT2D eigenvalue weighted by Gasteiger charge is -2.20. The van der Waals surface area contributed by atoms with E-state index in [9.17, 15) is 4.79 Å². The summed E-state index contributed by atoms with van der Waals surface area (Å²) in [6, 6.07) is 19.1. The molecule has 6 heteroatoms. The normalized spacial score (nSPS) is 11.6. The predicted octanol–water partition coefficient (Wildman–Crippen LogP) is 5.54. The molecular formula is C26H29NO5. The number of esters is 1. The molecule has 0 spiro atoms. The fraction of sp³-hybridized carbons (Fsp3) is 0.308. The molecule has 1 heterocycles. The standard InChI is InChI=1S/C26H29NO5/c1-5-29-17-26(32-22-14-15-25(18(3)16-22)31-19(4)28)24-9-7-8-23(27-24)20-10-12-21(13-11-20)30-6-2/h7-16,26H,5-6,17H2,1-4H3/t26-/m1/s1. The first-order valence-electron chi connectivity index (χ1n) is 10.7. The minimum atomic E-state index is -0.392. The van der Waals surface area contributed by atoms with Gasteiger partial charge in [0.2, 0.25) is 0 Å². The highest BCUT2D eigenvalue weighted by Gasteiger charge is 2.17. The maximum absolute atomic E-state index is 11.2. The van der Waals surface area contributed by atoms with Crippen molar-refractivity contribution in [3.8, 4) is 28.5 Å². The predicted molar refractivity (Wildman–Crippen MR) is 123 cm³/mol. The molecule has 2 aromatic carbocycles. The Morgan fingerprint density at radius 2 is 1.72 bits per heavy atom. The van der Waals surface area contributed by atoms with Crippen molar-refractivity contribution in [1.82, 2.24) is 4.98 Å². The molecule has 0 aliphatic carbocycles. The van der Waals surface area contributed by atoms with Gasteiger partial charge in [-0.3, -0.25) is 4.79 Å². The SMILES string of the molecule is CCOC[C@@H](Oc1ccc(OC(C)=O)c(C)c1)c1cccc(-c2ccc(OCC)cc2)n1. The van der Waals surface area contributed by atoms with Gasteiger partial charge in [0.05, 0.1) is 24.6 Å². The highest BCUT2D eigenvalue weighted by molar-refractivity contribution is 5.70. The van der Waals surface area contributed by atoms with E-state index in [-0.39, 0.29) is 5.97 Å². The third-order valence-electron chi connectivity index (χ3n) is 4.71. The van der Waals surface area contributed by atoms with Gasteiger partial charge in [-0.25, -0.2) is 4.98 Å². The number of aromatic nitrogens is 1. The van der Waals surface area contributed by atoms with Crippen LogP contribution in [0.15, 0.2) is 60.7 Å². The second-order valence-corrected chi connectivity index (χ2v) is 7.19. The van der Waals surface area contributed by atoms with Crippen molar-refractivity contribution in [2.75, 3.05) is 19.8 Å². The van der Waals surface area contributed by atoms with E-state index in [1.54, 1.807) is 12.1 Å². The van der Waals surface area contributed by atoms with Gasteiger partial charge in [-0.15, -0.1) is 0 Å². The highest BCUT2D eigenvalue weighted by Crippen LogP contribution is 2.29. The molecule has 3 aromatic rings. The Morgan fingerprint density at radius 1 is 0.969 bits per heavy atom. The van der Waals surface area contributed by atoms with Crippen molar-refractivity contribution < 1.29 is 23.7 Å². The number of aryl methyl sites for hydroxylation is 1. The zero-order chi connectivity index (χ0) is 22.9. The fourth-order valence-electron chi connectivity index (χ4n) is 3.21. The van der Waals surface area contributed by atoms with E-state index < -0.39 is 6.10 Å². The van der Waals surface area contributed by atoms with Crippen LogP contribution in [0, 0.1) is 6.92 Å². The number of benzene rings is 2. The van der Waals surface area contributed by atoms with E-state index in [1.165, 1.54) is 6.92 Å². The molecule has 0 fully saturated rings. The number of carbonyl (C=O) groups excluding carboxylic acids is 1. The van der Waals surface area contributed by atoms with Crippen LogP contribution < -0.4 is 14.2 Å². The van der Waals surface area contributed by atoms with Gasteiger partial charge in [0.15, 0.2) is 6.10 Å². The molecule has 6 nitrogen and oxygen atoms in total. The first kappa shape index (κ1) is 23.3. The summed E-state index contributed by atoms with van der Waals surface area (Å²) in [5.41, 5.74) is 3.42. The molecule has 0 N–H and O–H groups in total. The molecule has 0 bridgehead atoms. The molecule has 0 radical (unpaired) electrons. The van der Waals surface area contributed by atoms with Crippen molar-refractivity contribution in [3.05, 3.63) is 71.9 Å². The first-order chi connectivity index (χ1) is 15.5. The Labute approximate surface area is 189 Å². The van der Waals surface area contributed by atoms with Crippen LogP contribution in [-0.2, 0) is 9.53 Å². The number of hydrogen-bond acceptors (Lipinski definition) is 6. The average molecular weight is 436 g/mol. The topological polar surface area (TPSA) is 66.9 Å². The third kappa shape index (κ3) is 6.31. The van der Waals surface area contributed by atoms with Gasteiger partial charge in [-0.2, -0.15) is 0 Å². The molecule has 0 saturated heterocycles. The maximum Gasteiger partial charge on any atom is 0.308 e. The molecule has 0 aliphatic rings. The molecule has 1 atom stereocenters. The van der Waals surface area contributed by atoms with E-state index in [0.717, 1.165) is 28.3 Å². The Kier molecular flexibility index (Phi) is 8.22. The van der Waals surface area contributed by atoms with Crippen molar-refractivity contribution in [1.29, 1.82) is 0 Å². The Bertz CT molecular complexity index is 1030. The smallest absolute Gasteiger partial charge is 0.308 e. The van der Waals surface area contributed by atoms with Crippen molar-refractivity contribution in [2.45, 2.75) is 33.8 Å². The van der Waals surface area contributed by atoms with Crippen LogP contribution in [0.5, 0.6) is 17.2 Å². The number of rotatable bonds is 10. The molecule has 1 aromatic heterocycles. The number of ether oxygens (including phenoxy) is 4. The molecule has 32 heavy (non-hydrogen) atoms. The quantitative estimate of drug-likeness (QED) is 0.308. The van der Waals surface area contributed by atoms with E-state index in [2.05, 4.69) is 0 Å². The van der Waals surface area contributed by atoms with Crippen LogP contribution in [0.1, 0.15) is 38.1 Å².